The maximum absolute atomic E-state index is 12.6. The Kier molecular flexibility index (Phi) is 3.06. The van der Waals surface area contributed by atoms with Crippen LogP contribution >= 0.6 is 0 Å². The summed E-state index contributed by atoms with van der Waals surface area (Å²) in [5.74, 6) is 0.0917. The van der Waals surface area contributed by atoms with Crippen molar-refractivity contribution < 1.29 is 14.3 Å². The molecule has 106 valence electrons. The van der Waals surface area contributed by atoms with Crippen molar-refractivity contribution >= 4 is 17.0 Å². The molecular weight excluding hydrogens is 262 g/mol. The molecule has 2 aromatic rings. The van der Waals surface area contributed by atoms with Crippen LogP contribution in [0.3, 0.4) is 0 Å². The Hall–Kier alpha value is -2.15. The summed E-state index contributed by atoms with van der Waals surface area (Å²) in [5.41, 5.74) is 0.0130. The molecule has 1 saturated heterocycles. The van der Waals surface area contributed by atoms with E-state index in [1.165, 1.54) is 6.33 Å². The molecule has 0 spiro atoms. The molecule has 20 heavy (non-hydrogen) atoms. The first-order valence-electron chi connectivity index (χ1n) is 6.52. The van der Waals surface area contributed by atoms with Crippen LogP contribution in [0.2, 0.25) is 0 Å². The minimum absolute atomic E-state index is 0.0742. The molecule has 1 fully saturated rings. The molecule has 3 rings (SSSR count). The number of fused-ring (bicyclic) bond motifs is 1. The highest BCUT2D eigenvalue weighted by Crippen LogP contribution is 2.26. The molecule has 2 N–H and O–H groups in total. The van der Waals surface area contributed by atoms with Gasteiger partial charge < -0.3 is 19.4 Å². The second kappa shape index (κ2) is 4.75. The molecule has 0 radical (unpaired) electrons. The lowest BCUT2D eigenvalue weighted by Gasteiger charge is -2.22. The van der Waals surface area contributed by atoms with Crippen LogP contribution in [-0.4, -0.2) is 45.1 Å². The summed E-state index contributed by atoms with van der Waals surface area (Å²) in [6, 6.07) is -0.192. The highest BCUT2D eigenvalue weighted by molar-refractivity contribution is 6.06. The van der Waals surface area contributed by atoms with Crippen LogP contribution in [0.4, 0.5) is 0 Å². The van der Waals surface area contributed by atoms with E-state index in [4.69, 9.17) is 4.42 Å². The first-order chi connectivity index (χ1) is 9.63. The first-order valence-corrected chi connectivity index (χ1v) is 6.52. The fraction of sp³-hybridized carbons (Fsp3) is 0.462. The van der Waals surface area contributed by atoms with E-state index in [1.54, 1.807) is 11.8 Å². The van der Waals surface area contributed by atoms with E-state index in [0.717, 1.165) is 12.8 Å². The largest absolute Gasteiger partial charge is 0.442 e. The molecule has 1 atom stereocenters. The van der Waals surface area contributed by atoms with Crippen molar-refractivity contribution in [2.75, 3.05) is 13.2 Å². The summed E-state index contributed by atoms with van der Waals surface area (Å²) in [6.45, 7) is 2.14. The fourth-order valence-electron chi connectivity index (χ4n) is 2.75. The van der Waals surface area contributed by atoms with Gasteiger partial charge in [-0.15, -0.1) is 0 Å². The zero-order valence-corrected chi connectivity index (χ0v) is 11.0. The van der Waals surface area contributed by atoms with Gasteiger partial charge in [0.05, 0.1) is 24.5 Å². The molecule has 1 aliphatic rings. The zero-order valence-electron chi connectivity index (χ0n) is 11.0. The van der Waals surface area contributed by atoms with E-state index in [2.05, 4.69) is 9.97 Å². The van der Waals surface area contributed by atoms with E-state index in [-0.39, 0.29) is 35.2 Å². The predicted molar refractivity (Wildman–Crippen MR) is 70.5 cm³/mol. The SMILES string of the molecule is Cc1oc2nc[nH]c(=O)c2c1C(=O)N1CCC[C@@H]1CO. The molecule has 0 aromatic carbocycles. The summed E-state index contributed by atoms with van der Waals surface area (Å²) in [6.07, 6.45) is 2.86. The quantitative estimate of drug-likeness (QED) is 0.828. The number of nitrogens with zero attached hydrogens (tertiary/aromatic N) is 2. The number of rotatable bonds is 2. The highest BCUT2D eigenvalue weighted by atomic mass is 16.3. The lowest BCUT2D eigenvalue weighted by Crippen LogP contribution is -2.38. The Morgan fingerprint density at radius 1 is 1.65 bits per heavy atom. The van der Waals surface area contributed by atoms with E-state index in [0.29, 0.717) is 12.3 Å². The zero-order chi connectivity index (χ0) is 14.3. The smallest absolute Gasteiger partial charge is 0.262 e. The van der Waals surface area contributed by atoms with Gasteiger partial charge in [0.1, 0.15) is 11.1 Å². The van der Waals surface area contributed by atoms with Gasteiger partial charge in [-0.1, -0.05) is 0 Å². The second-order valence-electron chi connectivity index (χ2n) is 4.92. The van der Waals surface area contributed by atoms with Crippen molar-refractivity contribution in [1.29, 1.82) is 0 Å². The predicted octanol–water partition coefficient (Wildman–Crippen LogP) is 0.421. The van der Waals surface area contributed by atoms with Crippen molar-refractivity contribution in [3.05, 3.63) is 28.0 Å². The van der Waals surface area contributed by atoms with Crippen LogP contribution in [0.25, 0.3) is 11.1 Å². The Bertz CT molecular complexity index is 718. The number of hydrogen-bond acceptors (Lipinski definition) is 5. The van der Waals surface area contributed by atoms with Crippen LogP contribution in [-0.2, 0) is 0 Å². The van der Waals surface area contributed by atoms with E-state index < -0.39 is 5.56 Å². The Balaban J connectivity index is 2.12. The molecule has 1 aliphatic heterocycles. The van der Waals surface area contributed by atoms with E-state index in [9.17, 15) is 14.7 Å². The molecule has 1 amide bonds. The summed E-state index contributed by atoms with van der Waals surface area (Å²) in [7, 11) is 0. The fourth-order valence-corrected chi connectivity index (χ4v) is 2.75. The minimum Gasteiger partial charge on any atom is -0.442 e. The number of hydrogen-bond donors (Lipinski definition) is 2. The van der Waals surface area contributed by atoms with Crippen LogP contribution in [0, 0.1) is 6.92 Å². The number of aromatic nitrogens is 2. The molecule has 2 aromatic heterocycles. The highest BCUT2D eigenvalue weighted by Gasteiger charge is 2.32. The number of aliphatic hydroxyl groups is 1. The molecule has 7 nitrogen and oxygen atoms in total. The molecular formula is C13H15N3O4. The normalized spacial score (nSPS) is 18.9. The van der Waals surface area contributed by atoms with Gasteiger partial charge in [-0.3, -0.25) is 9.59 Å². The Labute approximate surface area is 114 Å². The third kappa shape index (κ3) is 1.82. The van der Waals surface area contributed by atoms with Gasteiger partial charge in [-0.2, -0.15) is 0 Å². The molecule has 0 unspecified atom stereocenters. The number of nitrogens with one attached hydrogen (secondary N) is 1. The standard InChI is InChI=1S/C13H15N3O4/c1-7-9(10-11(18)14-6-15-12(10)20-7)13(19)16-4-2-3-8(16)5-17/h6,8,17H,2-5H2,1H3,(H,14,15,18)/t8-/m1/s1. The van der Waals surface area contributed by atoms with Gasteiger partial charge in [0.25, 0.3) is 11.5 Å². The van der Waals surface area contributed by atoms with E-state index in [1.807, 2.05) is 0 Å². The second-order valence-corrected chi connectivity index (χ2v) is 4.92. The number of carbonyl (C=O) groups is 1. The van der Waals surface area contributed by atoms with Gasteiger partial charge in [0.2, 0.25) is 5.71 Å². The molecule has 0 bridgehead atoms. The number of aliphatic hydroxyl groups excluding tert-OH is 1. The summed E-state index contributed by atoms with van der Waals surface area (Å²) in [5, 5.41) is 9.50. The van der Waals surface area contributed by atoms with Gasteiger partial charge in [-0.05, 0) is 19.8 Å². The maximum Gasteiger partial charge on any atom is 0.262 e. The Morgan fingerprint density at radius 3 is 3.20 bits per heavy atom. The monoisotopic (exact) mass is 277 g/mol. The van der Waals surface area contributed by atoms with Crippen LogP contribution in [0.1, 0.15) is 29.0 Å². The first kappa shape index (κ1) is 12.9. The van der Waals surface area contributed by atoms with Crippen LogP contribution in [0.15, 0.2) is 15.5 Å². The van der Waals surface area contributed by atoms with Crippen molar-refractivity contribution in [2.24, 2.45) is 0 Å². The third-order valence-corrected chi connectivity index (χ3v) is 3.73. The average Bonchev–Trinajstić information content (AvgIpc) is 3.02. The number of H-pyrrole nitrogens is 1. The van der Waals surface area contributed by atoms with Crippen molar-refractivity contribution in [3.63, 3.8) is 0 Å². The summed E-state index contributed by atoms with van der Waals surface area (Å²) < 4.78 is 5.39. The number of carbonyl (C=O) groups excluding carboxylic acids is 1. The number of likely N-dealkylation sites (tertiary alicyclic amines) is 1. The minimum atomic E-state index is -0.394. The maximum atomic E-state index is 12.6. The summed E-state index contributed by atoms with van der Waals surface area (Å²) >= 11 is 0. The molecule has 0 aliphatic carbocycles. The van der Waals surface area contributed by atoms with Gasteiger partial charge in [0, 0.05) is 6.54 Å². The topological polar surface area (TPSA) is 99.4 Å². The van der Waals surface area contributed by atoms with Gasteiger partial charge >= 0.3 is 0 Å². The number of aryl methyl sites for hydroxylation is 1. The van der Waals surface area contributed by atoms with Crippen LogP contribution < -0.4 is 5.56 Å². The van der Waals surface area contributed by atoms with Gasteiger partial charge in [-0.25, -0.2) is 4.98 Å². The number of furan rings is 1. The van der Waals surface area contributed by atoms with Crippen molar-refractivity contribution in [3.8, 4) is 0 Å². The Morgan fingerprint density at radius 2 is 2.45 bits per heavy atom. The summed E-state index contributed by atoms with van der Waals surface area (Å²) in [4.78, 5) is 32.5. The van der Waals surface area contributed by atoms with Gasteiger partial charge in [0.15, 0.2) is 0 Å². The third-order valence-electron chi connectivity index (χ3n) is 3.73. The molecule has 7 heteroatoms. The van der Waals surface area contributed by atoms with Crippen molar-refractivity contribution in [2.45, 2.75) is 25.8 Å². The van der Waals surface area contributed by atoms with E-state index >= 15 is 0 Å². The molecule has 0 saturated carbocycles. The number of amides is 1. The lowest BCUT2D eigenvalue weighted by atomic mass is 10.1. The van der Waals surface area contributed by atoms with Crippen molar-refractivity contribution in [1.82, 2.24) is 14.9 Å². The van der Waals surface area contributed by atoms with Crippen LogP contribution in [0.5, 0.6) is 0 Å². The average molecular weight is 277 g/mol. The lowest BCUT2D eigenvalue weighted by molar-refractivity contribution is 0.0677. The molecule has 3 heterocycles. The number of aromatic amines is 1.